The number of carboxylic acids is 3. The highest BCUT2D eigenvalue weighted by Crippen LogP contribution is 2.09. The molecule has 0 unspecified atom stereocenters. The fraction of sp³-hybridized carbons (Fsp3) is 0.421. The Morgan fingerprint density at radius 1 is 0.935 bits per heavy atom. The first kappa shape index (κ1) is 26.1. The first-order valence-corrected chi connectivity index (χ1v) is 10.4. The molecule has 0 aliphatic heterocycles. The number of carboxylic acid groups (broad SMARTS) is 3. The van der Waals surface area contributed by atoms with Gasteiger partial charge < -0.3 is 30.7 Å². The van der Waals surface area contributed by atoms with E-state index in [1.807, 2.05) is 5.32 Å². The zero-order valence-corrected chi connectivity index (χ0v) is 18.5. The van der Waals surface area contributed by atoms with Crippen molar-refractivity contribution in [3.63, 3.8) is 0 Å². The number of carbonyl (C=O) groups excluding carboxylic acids is 2. The third-order valence-corrected chi connectivity index (χ3v) is 4.77. The normalized spacial score (nSPS) is 12.3. The monoisotopic (exact) mass is 550 g/mol. The summed E-state index contributed by atoms with van der Waals surface area (Å²) in [5.74, 6) is -4.37. The zero-order valence-electron chi connectivity index (χ0n) is 16.4. The smallest absolute Gasteiger partial charge is 0.408 e. The molecule has 1 aromatic carbocycles. The van der Waals surface area contributed by atoms with Gasteiger partial charge in [-0.2, -0.15) is 0 Å². The van der Waals surface area contributed by atoms with Crippen molar-refractivity contribution in [3.8, 4) is 0 Å². The summed E-state index contributed by atoms with van der Waals surface area (Å²) in [4.78, 5) is 56.7. The van der Waals surface area contributed by atoms with Crippen molar-refractivity contribution in [1.29, 1.82) is 0 Å². The molecule has 12 heteroatoms. The maximum Gasteiger partial charge on any atom is 0.408 e. The van der Waals surface area contributed by atoms with Crippen LogP contribution in [0.2, 0.25) is 0 Å². The van der Waals surface area contributed by atoms with Crippen LogP contribution in [0.25, 0.3) is 0 Å². The van der Waals surface area contributed by atoms with Crippen molar-refractivity contribution in [1.82, 2.24) is 10.6 Å². The SMILES string of the molecule is O=C(O)CC[C@H](NC(=O)O[C@@H](CCCCNC(=O)c1ccc(I)cc1)C(=O)O)C(=O)O. The number of benzene rings is 1. The molecule has 5 N–H and O–H groups in total. The minimum absolute atomic E-state index is 0.0466. The molecule has 170 valence electrons. The lowest BCUT2D eigenvalue weighted by Gasteiger charge is -2.17. The minimum Gasteiger partial charge on any atom is -0.481 e. The van der Waals surface area contributed by atoms with E-state index in [1.54, 1.807) is 24.3 Å². The Morgan fingerprint density at radius 2 is 1.58 bits per heavy atom. The van der Waals surface area contributed by atoms with E-state index in [0.717, 1.165) is 3.57 Å². The molecule has 11 nitrogen and oxygen atoms in total. The van der Waals surface area contributed by atoms with E-state index in [0.29, 0.717) is 24.9 Å². The average Bonchev–Trinajstić information content (AvgIpc) is 2.69. The lowest BCUT2D eigenvalue weighted by atomic mass is 10.1. The summed E-state index contributed by atoms with van der Waals surface area (Å²) in [7, 11) is 0. The van der Waals surface area contributed by atoms with Crippen LogP contribution in [0, 0.1) is 3.57 Å². The van der Waals surface area contributed by atoms with Gasteiger partial charge in [-0.05, 0) is 72.5 Å². The number of halogens is 1. The second-order valence-electron chi connectivity index (χ2n) is 6.46. The molecule has 0 aliphatic rings. The number of carbonyl (C=O) groups is 5. The van der Waals surface area contributed by atoms with Crippen LogP contribution in [0.1, 0.15) is 42.5 Å². The first-order valence-electron chi connectivity index (χ1n) is 9.28. The third-order valence-electron chi connectivity index (χ3n) is 4.05. The van der Waals surface area contributed by atoms with Crippen molar-refractivity contribution < 1.29 is 44.0 Å². The predicted molar refractivity (Wildman–Crippen MR) is 115 cm³/mol. The Morgan fingerprint density at radius 3 is 2.13 bits per heavy atom. The van der Waals surface area contributed by atoms with Gasteiger partial charge in [0.05, 0.1) is 0 Å². The predicted octanol–water partition coefficient (Wildman–Crippen LogP) is 1.69. The molecule has 0 saturated heterocycles. The molecule has 2 amide bonds. The van der Waals surface area contributed by atoms with E-state index in [4.69, 9.17) is 14.9 Å². The molecule has 1 rings (SSSR count). The highest BCUT2D eigenvalue weighted by Gasteiger charge is 2.26. The Balaban J connectivity index is 2.41. The molecule has 0 aliphatic carbocycles. The van der Waals surface area contributed by atoms with Gasteiger partial charge in [0, 0.05) is 22.1 Å². The molecule has 0 bridgehead atoms. The van der Waals surface area contributed by atoms with Crippen LogP contribution in [-0.2, 0) is 19.1 Å². The lowest BCUT2D eigenvalue weighted by molar-refractivity contribution is -0.147. The van der Waals surface area contributed by atoms with Crippen molar-refractivity contribution >= 4 is 52.5 Å². The largest absolute Gasteiger partial charge is 0.481 e. The maximum atomic E-state index is 12.0. The Labute approximate surface area is 191 Å². The molecule has 0 heterocycles. The molecule has 0 aromatic heterocycles. The molecular formula is C19H23IN2O9. The second-order valence-corrected chi connectivity index (χ2v) is 7.70. The highest BCUT2D eigenvalue weighted by atomic mass is 127. The maximum absolute atomic E-state index is 12.0. The fourth-order valence-electron chi connectivity index (χ4n) is 2.42. The van der Waals surface area contributed by atoms with Gasteiger partial charge in [-0.15, -0.1) is 0 Å². The van der Waals surface area contributed by atoms with E-state index in [1.165, 1.54) is 0 Å². The van der Waals surface area contributed by atoms with Crippen LogP contribution in [0.5, 0.6) is 0 Å². The van der Waals surface area contributed by atoms with E-state index in [-0.39, 0.29) is 18.7 Å². The quantitative estimate of drug-likeness (QED) is 0.181. The van der Waals surface area contributed by atoms with Crippen LogP contribution < -0.4 is 10.6 Å². The first-order chi connectivity index (χ1) is 14.6. The molecule has 0 radical (unpaired) electrons. The van der Waals surface area contributed by atoms with Crippen LogP contribution in [0.15, 0.2) is 24.3 Å². The van der Waals surface area contributed by atoms with Crippen molar-refractivity contribution in [2.75, 3.05) is 6.54 Å². The lowest BCUT2D eigenvalue weighted by Crippen LogP contribution is -2.43. The number of amides is 2. The number of rotatable bonds is 13. The molecule has 2 atom stereocenters. The van der Waals surface area contributed by atoms with Gasteiger partial charge >= 0.3 is 24.0 Å². The van der Waals surface area contributed by atoms with Crippen molar-refractivity contribution in [2.45, 2.75) is 44.2 Å². The van der Waals surface area contributed by atoms with Crippen molar-refractivity contribution in [3.05, 3.63) is 33.4 Å². The summed E-state index contributed by atoms with van der Waals surface area (Å²) >= 11 is 2.12. The number of aliphatic carboxylic acids is 3. The molecule has 0 saturated carbocycles. The van der Waals surface area contributed by atoms with Crippen molar-refractivity contribution in [2.24, 2.45) is 0 Å². The van der Waals surface area contributed by atoms with Crippen LogP contribution in [-0.4, -0.2) is 63.9 Å². The van der Waals surface area contributed by atoms with Gasteiger partial charge in [0.2, 0.25) is 6.10 Å². The van der Waals surface area contributed by atoms with Gasteiger partial charge in [0.1, 0.15) is 6.04 Å². The Hall–Kier alpha value is -2.90. The molecule has 0 spiro atoms. The summed E-state index contributed by atoms with van der Waals surface area (Å²) in [6.07, 6.45) is -2.95. The van der Waals surface area contributed by atoms with Crippen LogP contribution in [0.4, 0.5) is 4.79 Å². The fourth-order valence-corrected chi connectivity index (χ4v) is 2.78. The van der Waals surface area contributed by atoms with E-state index < -0.39 is 42.6 Å². The number of hydrogen-bond acceptors (Lipinski definition) is 6. The topological polar surface area (TPSA) is 179 Å². The van der Waals surface area contributed by atoms with Crippen LogP contribution >= 0.6 is 22.6 Å². The standard InChI is InChI=1S/C19H23IN2O9/c20-12-6-4-11(5-7-12)16(25)21-10-2-1-3-14(18(28)29)31-19(30)22-13(17(26)27)8-9-15(23)24/h4-7,13-14H,1-3,8-10H2,(H,21,25)(H,22,30)(H,23,24)(H,26,27)(H,28,29)/t13-,14-/m0/s1. The number of alkyl carbamates (subject to hydrolysis) is 1. The second kappa shape index (κ2) is 13.4. The number of unbranched alkanes of at least 4 members (excludes halogenated alkanes) is 1. The highest BCUT2D eigenvalue weighted by molar-refractivity contribution is 14.1. The number of ether oxygens (including phenoxy) is 1. The number of nitrogens with one attached hydrogen (secondary N) is 2. The van der Waals surface area contributed by atoms with Gasteiger partial charge in [0.15, 0.2) is 0 Å². The molecule has 0 fully saturated rings. The van der Waals surface area contributed by atoms with Gasteiger partial charge in [-0.25, -0.2) is 14.4 Å². The van der Waals surface area contributed by atoms with Crippen LogP contribution in [0.3, 0.4) is 0 Å². The third kappa shape index (κ3) is 10.6. The average molecular weight is 550 g/mol. The van der Waals surface area contributed by atoms with E-state index in [2.05, 4.69) is 27.9 Å². The Kier molecular flexibility index (Phi) is 11.3. The summed E-state index contributed by atoms with van der Waals surface area (Å²) in [6.45, 7) is 0.291. The zero-order chi connectivity index (χ0) is 23.4. The minimum atomic E-state index is -1.52. The molecular weight excluding hydrogens is 527 g/mol. The molecule has 1 aromatic rings. The Bertz CT molecular complexity index is 798. The summed E-state index contributed by atoms with van der Waals surface area (Å²) in [5.41, 5.74) is 0.500. The van der Waals surface area contributed by atoms with Gasteiger partial charge in [-0.3, -0.25) is 9.59 Å². The summed E-state index contributed by atoms with van der Waals surface area (Å²) in [5, 5.41) is 31.5. The van der Waals surface area contributed by atoms with E-state index in [9.17, 15) is 29.1 Å². The summed E-state index contributed by atoms with van der Waals surface area (Å²) < 4.78 is 5.75. The summed E-state index contributed by atoms with van der Waals surface area (Å²) in [6, 6.07) is 5.45. The van der Waals surface area contributed by atoms with Gasteiger partial charge in [0.25, 0.3) is 5.91 Å². The van der Waals surface area contributed by atoms with E-state index >= 15 is 0 Å². The number of hydrogen-bond donors (Lipinski definition) is 5. The van der Waals surface area contributed by atoms with Gasteiger partial charge in [-0.1, -0.05) is 0 Å². The molecule has 31 heavy (non-hydrogen) atoms.